The maximum atomic E-state index is 11.4. The third-order valence-electron chi connectivity index (χ3n) is 2.97. The van der Waals surface area contributed by atoms with Gasteiger partial charge in [-0.2, -0.15) is 0 Å². The van der Waals surface area contributed by atoms with Gasteiger partial charge in [0.25, 0.3) is 0 Å². The van der Waals surface area contributed by atoms with Crippen LogP contribution in [0.5, 0.6) is 0 Å². The van der Waals surface area contributed by atoms with Crippen LogP contribution in [0.25, 0.3) is 0 Å². The summed E-state index contributed by atoms with van der Waals surface area (Å²) in [6, 6.07) is 0.452. The number of carbonyl (C=O) groups excluding carboxylic acids is 1. The molecule has 1 fully saturated rings. The molecule has 0 N–H and O–H groups in total. The van der Waals surface area contributed by atoms with Crippen LogP contribution in [0.2, 0.25) is 0 Å². The lowest BCUT2D eigenvalue weighted by Crippen LogP contribution is -2.49. The van der Waals surface area contributed by atoms with Crippen molar-refractivity contribution in [2.75, 3.05) is 33.8 Å². The highest BCUT2D eigenvalue weighted by Gasteiger charge is 2.28. The average molecular weight is 214 g/mol. The Hall–Kier alpha value is -0.770. The highest BCUT2D eigenvalue weighted by Crippen LogP contribution is 2.15. The molecule has 88 valence electrons. The lowest BCUT2D eigenvalue weighted by molar-refractivity contribution is 0.0545. The molecule has 1 amide bonds. The van der Waals surface area contributed by atoms with Gasteiger partial charge >= 0.3 is 6.09 Å². The number of ether oxygens (including phenoxy) is 1. The second kappa shape index (κ2) is 5.35. The number of amides is 1. The Balaban J connectivity index is 2.07. The minimum Gasteiger partial charge on any atom is -0.449 e. The topological polar surface area (TPSA) is 32.8 Å². The van der Waals surface area contributed by atoms with Crippen LogP contribution < -0.4 is 0 Å². The molecular weight excluding hydrogens is 192 g/mol. The van der Waals surface area contributed by atoms with Crippen molar-refractivity contribution in [3.8, 4) is 0 Å². The number of likely N-dealkylation sites (tertiary alicyclic amines) is 1. The largest absolute Gasteiger partial charge is 0.449 e. The number of nitrogens with zero attached hydrogens (tertiary/aromatic N) is 2. The minimum absolute atomic E-state index is 0.154. The standard InChI is InChI=1S/C11H22N2O2/c1-9-7-13(8-9)11(14)15-6-5-10(2)12(3)4/h9-10H,5-8H2,1-4H3/t10-/m0/s1. The summed E-state index contributed by atoms with van der Waals surface area (Å²) in [7, 11) is 4.06. The predicted molar refractivity (Wildman–Crippen MR) is 59.9 cm³/mol. The second-order valence-corrected chi connectivity index (χ2v) is 4.73. The Morgan fingerprint density at radius 2 is 2.13 bits per heavy atom. The number of hydrogen-bond acceptors (Lipinski definition) is 3. The van der Waals surface area contributed by atoms with Crippen molar-refractivity contribution in [1.29, 1.82) is 0 Å². The Morgan fingerprint density at radius 1 is 1.53 bits per heavy atom. The zero-order valence-electron chi connectivity index (χ0n) is 10.2. The van der Waals surface area contributed by atoms with E-state index in [-0.39, 0.29) is 6.09 Å². The number of rotatable bonds is 4. The first-order valence-electron chi connectivity index (χ1n) is 5.59. The second-order valence-electron chi connectivity index (χ2n) is 4.73. The molecule has 1 aliphatic heterocycles. The van der Waals surface area contributed by atoms with Crippen molar-refractivity contribution in [2.45, 2.75) is 26.3 Å². The molecule has 0 aromatic carbocycles. The summed E-state index contributed by atoms with van der Waals surface area (Å²) in [5, 5.41) is 0. The first-order chi connectivity index (χ1) is 7.00. The van der Waals surface area contributed by atoms with Crippen LogP contribution in [0.15, 0.2) is 0 Å². The zero-order valence-corrected chi connectivity index (χ0v) is 10.2. The van der Waals surface area contributed by atoms with Gasteiger partial charge in [0.05, 0.1) is 6.61 Å². The Labute approximate surface area is 92.2 Å². The summed E-state index contributed by atoms with van der Waals surface area (Å²) in [5.74, 6) is 0.637. The Morgan fingerprint density at radius 3 is 2.60 bits per heavy atom. The molecule has 0 aromatic heterocycles. The highest BCUT2D eigenvalue weighted by molar-refractivity contribution is 5.68. The van der Waals surface area contributed by atoms with Crippen LogP contribution in [0.1, 0.15) is 20.3 Å². The van der Waals surface area contributed by atoms with Gasteiger partial charge in [-0.05, 0) is 33.4 Å². The van der Waals surface area contributed by atoms with E-state index in [0.29, 0.717) is 18.6 Å². The average Bonchev–Trinajstić information content (AvgIpc) is 2.12. The number of hydrogen-bond donors (Lipinski definition) is 0. The summed E-state index contributed by atoms with van der Waals surface area (Å²) in [4.78, 5) is 15.3. The van der Waals surface area contributed by atoms with E-state index in [9.17, 15) is 4.79 Å². The fourth-order valence-corrected chi connectivity index (χ4v) is 1.51. The molecule has 4 heteroatoms. The van der Waals surface area contributed by atoms with E-state index >= 15 is 0 Å². The maximum Gasteiger partial charge on any atom is 0.409 e. The van der Waals surface area contributed by atoms with E-state index in [1.165, 1.54) is 0 Å². The van der Waals surface area contributed by atoms with Gasteiger partial charge < -0.3 is 14.5 Å². The normalized spacial score (nSPS) is 18.9. The molecule has 0 bridgehead atoms. The Bertz CT molecular complexity index is 213. The van der Waals surface area contributed by atoms with Crippen LogP contribution in [-0.4, -0.2) is 55.7 Å². The molecule has 0 saturated carbocycles. The van der Waals surface area contributed by atoms with Crippen molar-refractivity contribution in [3.63, 3.8) is 0 Å². The molecule has 0 aliphatic carbocycles. The summed E-state index contributed by atoms with van der Waals surface area (Å²) < 4.78 is 5.18. The molecule has 1 saturated heterocycles. The quantitative estimate of drug-likeness (QED) is 0.709. The van der Waals surface area contributed by atoms with E-state index in [1.807, 2.05) is 14.1 Å². The van der Waals surface area contributed by atoms with Gasteiger partial charge in [-0.25, -0.2) is 4.79 Å². The van der Waals surface area contributed by atoms with Crippen LogP contribution in [0, 0.1) is 5.92 Å². The number of carbonyl (C=O) groups is 1. The monoisotopic (exact) mass is 214 g/mol. The summed E-state index contributed by atoms with van der Waals surface area (Å²) in [6.45, 7) is 6.48. The molecule has 0 radical (unpaired) electrons. The van der Waals surface area contributed by atoms with E-state index < -0.39 is 0 Å². The van der Waals surface area contributed by atoms with Crippen molar-refractivity contribution in [1.82, 2.24) is 9.80 Å². The first kappa shape index (κ1) is 12.3. The van der Waals surface area contributed by atoms with Crippen molar-refractivity contribution in [3.05, 3.63) is 0 Å². The SMILES string of the molecule is CC1CN(C(=O)OCC[C@H](C)N(C)C)C1. The molecule has 4 nitrogen and oxygen atoms in total. The molecule has 0 spiro atoms. The fraction of sp³-hybridized carbons (Fsp3) is 0.909. The van der Waals surface area contributed by atoms with Gasteiger partial charge in [0, 0.05) is 19.1 Å². The smallest absolute Gasteiger partial charge is 0.409 e. The third-order valence-corrected chi connectivity index (χ3v) is 2.97. The van der Waals surface area contributed by atoms with Crippen molar-refractivity contribution in [2.24, 2.45) is 5.92 Å². The van der Waals surface area contributed by atoms with Gasteiger partial charge in [0.1, 0.15) is 0 Å². The van der Waals surface area contributed by atoms with Gasteiger partial charge in [-0.15, -0.1) is 0 Å². The van der Waals surface area contributed by atoms with E-state index in [4.69, 9.17) is 4.74 Å². The lowest BCUT2D eigenvalue weighted by atomic mass is 10.0. The van der Waals surface area contributed by atoms with E-state index in [1.54, 1.807) is 4.90 Å². The van der Waals surface area contributed by atoms with Gasteiger partial charge in [-0.1, -0.05) is 6.92 Å². The van der Waals surface area contributed by atoms with Crippen LogP contribution in [0.4, 0.5) is 4.79 Å². The summed E-state index contributed by atoms with van der Waals surface area (Å²) >= 11 is 0. The molecule has 0 unspecified atom stereocenters. The summed E-state index contributed by atoms with van der Waals surface area (Å²) in [6.07, 6.45) is 0.737. The first-order valence-corrected chi connectivity index (χ1v) is 5.59. The van der Waals surface area contributed by atoms with Crippen molar-refractivity contribution >= 4 is 6.09 Å². The molecule has 1 atom stereocenters. The van der Waals surface area contributed by atoms with E-state index in [2.05, 4.69) is 18.7 Å². The molecule has 1 heterocycles. The van der Waals surface area contributed by atoms with Crippen molar-refractivity contribution < 1.29 is 9.53 Å². The fourth-order valence-electron chi connectivity index (χ4n) is 1.51. The van der Waals surface area contributed by atoms with Gasteiger partial charge in [0.15, 0.2) is 0 Å². The summed E-state index contributed by atoms with van der Waals surface area (Å²) in [5.41, 5.74) is 0. The predicted octanol–water partition coefficient (Wildman–Crippen LogP) is 1.41. The third kappa shape index (κ3) is 3.70. The van der Waals surface area contributed by atoms with Gasteiger partial charge in [0.2, 0.25) is 0 Å². The molecule has 15 heavy (non-hydrogen) atoms. The lowest BCUT2D eigenvalue weighted by Gasteiger charge is -2.36. The Kier molecular flexibility index (Phi) is 4.39. The van der Waals surface area contributed by atoms with Gasteiger partial charge in [-0.3, -0.25) is 0 Å². The van der Waals surface area contributed by atoms with Crippen LogP contribution in [0.3, 0.4) is 0 Å². The highest BCUT2D eigenvalue weighted by atomic mass is 16.6. The molecule has 1 aliphatic rings. The van der Waals surface area contributed by atoms with E-state index in [0.717, 1.165) is 19.5 Å². The molecular formula is C11H22N2O2. The maximum absolute atomic E-state index is 11.4. The van der Waals surface area contributed by atoms with Crippen LogP contribution in [-0.2, 0) is 4.74 Å². The molecule has 0 aromatic rings. The zero-order chi connectivity index (χ0) is 11.4. The van der Waals surface area contributed by atoms with Crippen LogP contribution >= 0.6 is 0 Å². The molecule has 1 rings (SSSR count). The minimum atomic E-state index is -0.154.